The van der Waals surface area contributed by atoms with Crippen LogP contribution in [0.3, 0.4) is 0 Å². The summed E-state index contributed by atoms with van der Waals surface area (Å²) in [6, 6.07) is 16.0. The average molecular weight is 479 g/mol. The molecule has 35 heavy (non-hydrogen) atoms. The lowest BCUT2D eigenvalue weighted by molar-refractivity contribution is -0.143. The zero-order valence-electron chi connectivity index (χ0n) is 20.3. The van der Waals surface area contributed by atoms with Gasteiger partial charge < -0.3 is 20.5 Å². The molecule has 0 spiro atoms. The first-order valence-corrected chi connectivity index (χ1v) is 12.5. The van der Waals surface area contributed by atoms with Crippen molar-refractivity contribution in [3.63, 3.8) is 0 Å². The van der Waals surface area contributed by atoms with Crippen molar-refractivity contribution in [1.82, 2.24) is 10.6 Å². The molecule has 2 amide bonds. The number of nitrogens with one attached hydrogen (secondary N) is 2. The minimum Gasteiger partial charge on any atom is -0.481 e. The monoisotopic (exact) mass is 478 g/mol. The van der Waals surface area contributed by atoms with Gasteiger partial charge in [-0.2, -0.15) is 0 Å². The van der Waals surface area contributed by atoms with E-state index in [9.17, 15) is 19.5 Å². The third kappa shape index (κ3) is 5.66. The molecule has 1 saturated carbocycles. The number of carbonyl (C=O) groups is 3. The van der Waals surface area contributed by atoms with E-state index in [1.54, 1.807) is 0 Å². The molecule has 0 aliphatic heterocycles. The number of alkyl carbamates (subject to hydrolysis) is 1. The number of benzene rings is 2. The number of carboxylic acid groups (broad SMARTS) is 1. The predicted octanol–water partition coefficient (Wildman–Crippen LogP) is 4.56. The van der Waals surface area contributed by atoms with E-state index in [0.717, 1.165) is 24.0 Å². The van der Waals surface area contributed by atoms with Crippen LogP contribution in [-0.4, -0.2) is 42.3 Å². The van der Waals surface area contributed by atoms with Crippen molar-refractivity contribution in [2.45, 2.75) is 51.5 Å². The second-order valence-corrected chi connectivity index (χ2v) is 9.96. The van der Waals surface area contributed by atoms with Crippen LogP contribution in [0, 0.1) is 17.8 Å². The SMILES string of the molecule is CC(C)[C@H](CC(=O)NCC1CCCC1C(=O)O)NC(=O)OCC1c2ccccc2-c2ccccc21. The quantitative estimate of drug-likeness (QED) is 0.490. The number of ether oxygens (including phenoxy) is 1. The molecule has 0 heterocycles. The summed E-state index contributed by atoms with van der Waals surface area (Å²) in [7, 11) is 0. The Morgan fingerprint density at radius 1 is 1.00 bits per heavy atom. The van der Waals surface area contributed by atoms with E-state index in [2.05, 4.69) is 34.9 Å². The molecule has 2 aromatic carbocycles. The van der Waals surface area contributed by atoms with Gasteiger partial charge in [0.25, 0.3) is 0 Å². The van der Waals surface area contributed by atoms with Gasteiger partial charge in [-0.3, -0.25) is 9.59 Å². The maximum atomic E-state index is 12.7. The number of carbonyl (C=O) groups excluding carboxylic acids is 2. The van der Waals surface area contributed by atoms with Crippen molar-refractivity contribution < 1.29 is 24.2 Å². The first-order valence-electron chi connectivity index (χ1n) is 12.5. The molecular formula is C28H34N2O5. The van der Waals surface area contributed by atoms with Gasteiger partial charge >= 0.3 is 12.1 Å². The van der Waals surface area contributed by atoms with Crippen LogP contribution >= 0.6 is 0 Å². The van der Waals surface area contributed by atoms with E-state index in [1.165, 1.54) is 11.1 Å². The van der Waals surface area contributed by atoms with Crippen molar-refractivity contribution in [1.29, 1.82) is 0 Å². The van der Waals surface area contributed by atoms with Gasteiger partial charge in [-0.25, -0.2) is 4.79 Å². The summed E-state index contributed by atoms with van der Waals surface area (Å²) >= 11 is 0. The second-order valence-electron chi connectivity index (χ2n) is 9.96. The molecule has 3 N–H and O–H groups in total. The molecule has 2 aliphatic rings. The molecule has 0 aromatic heterocycles. The molecule has 186 valence electrons. The van der Waals surface area contributed by atoms with E-state index in [-0.39, 0.29) is 42.7 Å². The summed E-state index contributed by atoms with van der Waals surface area (Å²) in [6.07, 6.45) is 1.92. The van der Waals surface area contributed by atoms with E-state index in [1.807, 2.05) is 38.1 Å². The number of rotatable bonds is 9. The fourth-order valence-corrected chi connectivity index (χ4v) is 5.37. The van der Waals surface area contributed by atoms with Crippen LogP contribution in [0.15, 0.2) is 48.5 Å². The largest absolute Gasteiger partial charge is 0.481 e. The summed E-state index contributed by atoms with van der Waals surface area (Å²) in [4.78, 5) is 36.6. The summed E-state index contributed by atoms with van der Waals surface area (Å²) in [5.41, 5.74) is 4.63. The van der Waals surface area contributed by atoms with Gasteiger partial charge in [0.1, 0.15) is 6.61 Å². The first kappa shape index (κ1) is 24.8. The Hall–Kier alpha value is -3.35. The topological polar surface area (TPSA) is 105 Å². The fraction of sp³-hybridized carbons (Fsp3) is 0.464. The Morgan fingerprint density at radius 3 is 2.23 bits per heavy atom. The lowest BCUT2D eigenvalue weighted by Gasteiger charge is -2.23. The Balaban J connectivity index is 1.30. The molecule has 7 heteroatoms. The van der Waals surface area contributed by atoms with Gasteiger partial charge in [0, 0.05) is 24.9 Å². The van der Waals surface area contributed by atoms with Crippen LogP contribution in [0.4, 0.5) is 4.79 Å². The number of carboxylic acids is 1. The highest BCUT2D eigenvalue weighted by atomic mass is 16.5. The van der Waals surface area contributed by atoms with Crippen LogP contribution in [0.2, 0.25) is 0 Å². The minimum absolute atomic E-state index is 0.0254. The molecule has 3 atom stereocenters. The zero-order valence-corrected chi connectivity index (χ0v) is 20.3. The molecular weight excluding hydrogens is 444 g/mol. The highest BCUT2D eigenvalue weighted by Gasteiger charge is 2.33. The van der Waals surface area contributed by atoms with Crippen molar-refractivity contribution in [3.8, 4) is 11.1 Å². The van der Waals surface area contributed by atoms with Gasteiger partial charge in [0.05, 0.1) is 5.92 Å². The summed E-state index contributed by atoms with van der Waals surface area (Å²) in [5.74, 6) is -1.42. The van der Waals surface area contributed by atoms with Crippen molar-refractivity contribution in [2.75, 3.05) is 13.2 Å². The number of hydrogen-bond donors (Lipinski definition) is 3. The Kier molecular flexibility index (Phi) is 7.73. The highest BCUT2D eigenvalue weighted by molar-refractivity contribution is 5.80. The smallest absolute Gasteiger partial charge is 0.407 e. The molecule has 0 saturated heterocycles. The molecule has 4 rings (SSSR count). The molecule has 2 aromatic rings. The average Bonchev–Trinajstić information content (AvgIpc) is 3.44. The lowest BCUT2D eigenvalue weighted by atomic mass is 9.96. The number of fused-ring (bicyclic) bond motifs is 3. The Bertz CT molecular complexity index is 1040. The normalized spacial score (nSPS) is 19.6. The van der Waals surface area contributed by atoms with Crippen molar-refractivity contribution in [2.24, 2.45) is 17.8 Å². The van der Waals surface area contributed by atoms with Gasteiger partial charge in [0.2, 0.25) is 5.91 Å². The van der Waals surface area contributed by atoms with Crippen molar-refractivity contribution >= 4 is 18.0 Å². The summed E-state index contributed by atoms with van der Waals surface area (Å²) in [6.45, 7) is 4.46. The minimum atomic E-state index is -0.793. The number of aliphatic carboxylic acids is 1. The maximum absolute atomic E-state index is 12.7. The van der Waals surface area contributed by atoms with Crippen LogP contribution < -0.4 is 10.6 Å². The Morgan fingerprint density at radius 2 is 1.63 bits per heavy atom. The molecule has 2 aliphatic carbocycles. The van der Waals surface area contributed by atoms with Gasteiger partial charge in [-0.15, -0.1) is 0 Å². The van der Waals surface area contributed by atoms with Crippen LogP contribution in [0.1, 0.15) is 56.6 Å². The predicted molar refractivity (Wildman–Crippen MR) is 133 cm³/mol. The third-order valence-corrected chi connectivity index (χ3v) is 7.39. The number of amides is 2. The maximum Gasteiger partial charge on any atom is 0.407 e. The van der Waals surface area contributed by atoms with Crippen LogP contribution in [0.25, 0.3) is 11.1 Å². The first-order chi connectivity index (χ1) is 16.8. The van der Waals surface area contributed by atoms with E-state index in [0.29, 0.717) is 13.0 Å². The van der Waals surface area contributed by atoms with Gasteiger partial charge in [-0.05, 0) is 46.9 Å². The molecule has 0 radical (unpaired) electrons. The summed E-state index contributed by atoms with van der Waals surface area (Å²) < 4.78 is 5.64. The molecule has 7 nitrogen and oxygen atoms in total. The summed E-state index contributed by atoms with van der Waals surface area (Å²) in [5, 5.41) is 15.1. The highest BCUT2D eigenvalue weighted by Crippen LogP contribution is 2.44. The fourth-order valence-electron chi connectivity index (χ4n) is 5.37. The van der Waals surface area contributed by atoms with Gasteiger partial charge in [-0.1, -0.05) is 68.8 Å². The molecule has 0 bridgehead atoms. The van der Waals surface area contributed by atoms with Crippen LogP contribution in [-0.2, 0) is 14.3 Å². The van der Waals surface area contributed by atoms with Gasteiger partial charge in [0.15, 0.2) is 0 Å². The zero-order chi connectivity index (χ0) is 24.9. The second kappa shape index (κ2) is 10.9. The van der Waals surface area contributed by atoms with Crippen LogP contribution in [0.5, 0.6) is 0 Å². The van der Waals surface area contributed by atoms with Crippen molar-refractivity contribution in [3.05, 3.63) is 59.7 Å². The van der Waals surface area contributed by atoms with E-state index >= 15 is 0 Å². The number of hydrogen-bond acceptors (Lipinski definition) is 4. The van der Waals surface area contributed by atoms with E-state index in [4.69, 9.17) is 4.74 Å². The Labute approximate surface area is 206 Å². The molecule has 2 unspecified atom stereocenters. The standard InChI is InChI=1S/C28H34N2O5/c1-17(2)25(14-26(31)29-15-18-8-7-13-19(18)27(32)33)30-28(34)35-16-24-22-11-5-3-9-20(22)21-10-4-6-12-23(21)24/h3-6,9-12,17-19,24-25H,7-8,13-16H2,1-2H3,(H,29,31)(H,30,34)(H,32,33)/t18?,19?,25-/m0/s1. The molecule has 1 fully saturated rings. The third-order valence-electron chi connectivity index (χ3n) is 7.39. The van der Waals surface area contributed by atoms with E-state index < -0.39 is 18.0 Å². The lowest BCUT2D eigenvalue weighted by Crippen LogP contribution is -2.43.